The van der Waals surface area contributed by atoms with E-state index in [1.54, 1.807) is 4.31 Å². The lowest BCUT2D eigenvalue weighted by atomic mass is 9.99. The molecule has 5 nitrogen and oxygen atoms in total. The van der Waals surface area contributed by atoms with E-state index in [1.165, 1.54) is 5.56 Å². The minimum atomic E-state index is -3.43. The van der Waals surface area contributed by atoms with Crippen molar-refractivity contribution >= 4 is 15.9 Å². The first-order valence-corrected chi connectivity index (χ1v) is 9.20. The Morgan fingerprint density at radius 1 is 1.10 bits per heavy atom. The Kier molecular flexibility index (Phi) is 4.47. The summed E-state index contributed by atoms with van der Waals surface area (Å²) in [6.45, 7) is 2.97. The Morgan fingerprint density at radius 2 is 1.86 bits per heavy atom. The maximum absolute atomic E-state index is 12.6. The van der Waals surface area contributed by atoms with E-state index in [9.17, 15) is 8.42 Å². The van der Waals surface area contributed by atoms with Gasteiger partial charge < -0.3 is 5.32 Å². The van der Waals surface area contributed by atoms with Crippen LogP contribution in [0.3, 0.4) is 0 Å². The van der Waals surface area contributed by atoms with E-state index >= 15 is 0 Å². The van der Waals surface area contributed by atoms with Crippen molar-refractivity contribution < 1.29 is 8.42 Å². The third-order valence-electron chi connectivity index (χ3n) is 4.28. The molecule has 0 atom stereocenters. The molecule has 21 heavy (non-hydrogen) atoms. The van der Waals surface area contributed by atoms with Gasteiger partial charge in [0.25, 0.3) is 0 Å². The molecule has 0 aromatic heterocycles. The van der Waals surface area contributed by atoms with Crippen LogP contribution in [0.25, 0.3) is 0 Å². The number of benzene rings is 1. The molecule has 116 valence electrons. The molecular formula is C15H23N3O2S. The van der Waals surface area contributed by atoms with Gasteiger partial charge in [0.2, 0.25) is 0 Å². The molecule has 0 saturated carbocycles. The summed E-state index contributed by atoms with van der Waals surface area (Å²) in [7, 11) is -3.43. The van der Waals surface area contributed by atoms with Gasteiger partial charge in [-0.2, -0.15) is 12.7 Å². The summed E-state index contributed by atoms with van der Waals surface area (Å²) in [4.78, 5) is 0. The summed E-state index contributed by atoms with van der Waals surface area (Å²) in [6.07, 6.45) is 5.03. The lowest BCUT2D eigenvalue weighted by Crippen LogP contribution is -2.37. The first-order chi connectivity index (χ1) is 10.2. The van der Waals surface area contributed by atoms with Crippen LogP contribution < -0.4 is 10.0 Å². The zero-order chi connectivity index (χ0) is 14.7. The lowest BCUT2D eigenvalue weighted by Gasteiger charge is -2.24. The van der Waals surface area contributed by atoms with Gasteiger partial charge in [0.15, 0.2) is 0 Å². The van der Waals surface area contributed by atoms with Crippen LogP contribution >= 0.6 is 0 Å². The second-order valence-electron chi connectivity index (χ2n) is 5.79. The summed E-state index contributed by atoms with van der Waals surface area (Å²) >= 11 is 0. The van der Waals surface area contributed by atoms with Gasteiger partial charge in [0.05, 0.1) is 5.69 Å². The number of anilines is 1. The Morgan fingerprint density at radius 3 is 2.62 bits per heavy atom. The van der Waals surface area contributed by atoms with Crippen LogP contribution in [0, 0.1) is 0 Å². The van der Waals surface area contributed by atoms with Gasteiger partial charge in [-0.05, 0) is 43.0 Å². The Labute approximate surface area is 126 Å². The molecule has 1 aromatic carbocycles. The number of hydrogen-bond donors (Lipinski definition) is 2. The number of nitrogens with zero attached hydrogens (tertiary/aromatic N) is 1. The topological polar surface area (TPSA) is 61.4 Å². The van der Waals surface area contributed by atoms with Crippen molar-refractivity contribution in [2.75, 3.05) is 24.4 Å². The second kappa shape index (κ2) is 6.34. The van der Waals surface area contributed by atoms with Gasteiger partial charge in [-0.25, -0.2) is 0 Å². The van der Waals surface area contributed by atoms with Crippen LogP contribution in [0.15, 0.2) is 18.2 Å². The van der Waals surface area contributed by atoms with Crippen molar-refractivity contribution in [1.29, 1.82) is 0 Å². The molecule has 0 radical (unpaired) electrons. The lowest BCUT2D eigenvalue weighted by molar-refractivity contribution is 0.427. The van der Waals surface area contributed by atoms with Crippen molar-refractivity contribution in [3.8, 4) is 0 Å². The molecule has 0 unspecified atom stereocenters. The highest BCUT2D eigenvalue weighted by Crippen LogP contribution is 2.25. The summed E-state index contributed by atoms with van der Waals surface area (Å²) in [5.74, 6) is 0. The van der Waals surface area contributed by atoms with Gasteiger partial charge in [0, 0.05) is 19.6 Å². The predicted molar refractivity (Wildman–Crippen MR) is 84.4 cm³/mol. The Balaban J connectivity index is 1.82. The number of fused-ring (bicyclic) bond motifs is 1. The third kappa shape index (κ3) is 3.39. The minimum absolute atomic E-state index is 0.631. The monoisotopic (exact) mass is 309 g/mol. The van der Waals surface area contributed by atoms with Gasteiger partial charge in [-0.15, -0.1) is 0 Å². The summed E-state index contributed by atoms with van der Waals surface area (Å²) in [5.41, 5.74) is 3.07. The van der Waals surface area contributed by atoms with E-state index in [4.69, 9.17) is 0 Å². The third-order valence-corrected chi connectivity index (χ3v) is 5.81. The molecule has 0 spiro atoms. The fourth-order valence-corrected chi connectivity index (χ4v) is 4.45. The van der Waals surface area contributed by atoms with Crippen molar-refractivity contribution in [1.82, 2.24) is 9.62 Å². The molecule has 1 fully saturated rings. The molecule has 2 aliphatic heterocycles. The molecule has 0 bridgehead atoms. The van der Waals surface area contributed by atoms with Gasteiger partial charge in [-0.1, -0.05) is 25.0 Å². The summed E-state index contributed by atoms with van der Waals surface area (Å²) < 4.78 is 29.6. The first-order valence-electron chi connectivity index (χ1n) is 7.76. The highest BCUT2D eigenvalue weighted by atomic mass is 32.2. The Hall–Kier alpha value is -1.11. The van der Waals surface area contributed by atoms with Gasteiger partial charge in [-0.3, -0.25) is 4.72 Å². The molecule has 0 amide bonds. The first kappa shape index (κ1) is 14.8. The highest BCUT2D eigenvalue weighted by molar-refractivity contribution is 7.90. The zero-order valence-electron chi connectivity index (χ0n) is 12.3. The average molecular weight is 309 g/mol. The maximum atomic E-state index is 12.6. The normalized spacial score (nSPS) is 20.6. The van der Waals surface area contributed by atoms with Crippen molar-refractivity contribution in [3.05, 3.63) is 29.3 Å². The number of nitrogens with one attached hydrogen (secondary N) is 2. The molecule has 0 aliphatic carbocycles. The second-order valence-corrected chi connectivity index (χ2v) is 7.46. The standard InChI is InChI=1S/C15H23N3O2S/c19-21(20,18-10-3-1-2-4-11-18)17-15-7-5-6-13-12-16-9-8-14(13)15/h5-7,16-17H,1-4,8-12H2. The van der Waals surface area contributed by atoms with Crippen molar-refractivity contribution in [3.63, 3.8) is 0 Å². The van der Waals surface area contributed by atoms with Crippen LogP contribution in [-0.2, 0) is 23.2 Å². The fraction of sp³-hybridized carbons (Fsp3) is 0.600. The molecule has 1 aromatic rings. The van der Waals surface area contributed by atoms with Crippen LogP contribution in [-0.4, -0.2) is 32.4 Å². The molecule has 6 heteroatoms. The summed E-state index contributed by atoms with van der Waals surface area (Å²) in [6, 6.07) is 5.86. The molecule has 2 heterocycles. The largest absolute Gasteiger partial charge is 0.312 e. The molecule has 2 N–H and O–H groups in total. The van der Waals surface area contributed by atoms with Crippen LogP contribution in [0.5, 0.6) is 0 Å². The quantitative estimate of drug-likeness (QED) is 0.896. The summed E-state index contributed by atoms with van der Waals surface area (Å²) in [5, 5.41) is 3.31. The van der Waals surface area contributed by atoms with Crippen LogP contribution in [0.4, 0.5) is 5.69 Å². The highest BCUT2D eigenvalue weighted by Gasteiger charge is 2.24. The van der Waals surface area contributed by atoms with E-state index in [0.717, 1.165) is 56.4 Å². The molecule has 3 rings (SSSR count). The van der Waals surface area contributed by atoms with E-state index in [-0.39, 0.29) is 0 Å². The van der Waals surface area contributed by atoms with Gasteiger partial charge >= 0.3 is 10.2 Å². The number of rotatable bonds is 3. The molecule has 1 saturated heterocycles. The predicted octanol–water partition coefficient (Wildman–Crippen LogP) is 1.86. The van der Waals surface area contributed by atoms with Crippen molar-refractivity contribution in [2.45, 2.75) is 38.6 Å². The minimum Gasteiger partial charge on any atom is -0.312 e. The van der Waals surface area contributed by atoms with Crippen molar-refractivity contribution in [2.24, 2.45) is 0 Å². The average Bonchev–Trinajstić information content (AvgIpc) is 2.77. The maximum Gasteiger partial charge on any atom is 0.301 e. The zero-order valence-corrected chi connectivity index (χ0v) is 13.1. The number of hydrogen-bond acceptors (Lipinski definition) is 3. The van der Waals surface area contributed by atoms with E-state index in [0.29, 0.717) is 13.1 Å². The molecular weight excluding hydrogens is 286 g/mol. The van der Waals surface area contributed by atoms with E-state index in [1.807, 2.05) is 12.1 Å². The van der Waals surface area contributed by atoms with Gasteiger partial charge in [0.1, 0.15) is 0 Å². The fourth-order valence-electron chi connectivity index (χ4n) is 3.11. The smallest absolute Gasteiger partial charge is 0.301 e. The van der Waals surface area contributed by atoms with Crippen LogP contribution in [0.1, 0.15) is 36.8 Å². The molecule has 2 aliphatic rings. The van der Waals surface area contributed by atoms with E-state index in [2.05, 4.69) is 16.1 Å². The Bertz CT molecular complexity index is 593. The van der Waals surface area contributed by atoms with Crippen LogP contribution in [0.2, 0.25) is 0 Å². The van der Waals surface area contributed by atoms with E-state index < -0.39 is 10.2 Å². The SMILES string of the molecule is O=S(=O)(Nc1cccc2c1CCNC2)N1CCCCCC1.